The van der Waals surface area contributed by atoms with Crippen molar-refractivity contribution in [2.24, 2.45) is 4.99 Å². The van der Waals surface area contributed by atoms with Gasteiger partial charge in [0.15, 0.2) is 5.96 Å². The molecule has 0 atom stereocenters. The van der Waals surface area contributed by atoms with E-state index < -0.39 is 0 Å². The van der Waals surface area contributed by atoms with E-state index in [0.717, 1.165) is 54.7 Å². The Morgan fingerprint density at radius 3 is 2.75 bits per heavy atom. The van der Waals surface area contributed by atoms with E-state index in [2.05, 4.69) is 34.3 Å². The first kappa shape index (κ1) is 24.0. The summed E-state index contributed by atoms with van der Waals surface area (Å²) in [6.07, 6.45) is 3.66. The van der Waals surface area contributed by atoms with Crippen LogP contribution in [0.1, 0.15) is 35.9 Å². The number of aryl methyl sites for hydroxylation is 2. The van der Waals surface area contributed by atoms with Gasteiger partial charge in [0, 0.05) is 24.2 Å². The third-order valence-corrected chi connectivity index (χ3v) is 4.16. The fraction of sp³-hybridized carbons (Fsp3) is 0.429. The van der Waals surface area contributed by atoms with Gasteiger partial charge in [0.25, 0.3) is 0 Å². The number of nitrogens with one attached hydrogen (secondary N) is 2. The molecule has 0 bridgehead atoms. The topological polar surface area (TPSA) is 71.7 Å². The predicted molar refractivity (Wildman–Crippen MR) is 125 cm³/mol. The number of halogens is 1. The molecular formula is C21H31IN4O2. The highest BCUT2D eigenvalue weighted by atomic mass is 127. The molecular weight excluding hydrogens is 467 g/mol. The van der Waals surface area contributed by atoms with Gasteiger partial charge in [-0.1, -0.05) is 36.0 Å². The molecule has 7 heteroatoms. The lowest BCUT2D eigenvalue weighted by Crippen LogP contribution is -2.37. The Morgan fingerprint density at radius 2 is 2.07 bits per heavy atom. The molecule has 0 aliphatic rings. The first-order chi connectivity index (χ1) is 13.2. The number of hydrogen-bond donors (Lipinski definition) is 2. The zero-order valence-corrected chi connectivity index (χ0v) is 19.3. The van der Waals surface area contributed by atoms with Crippen LogP contribution in [-0.2, 0) is 13.0 Å². The zero-order chi connectivity index (χ0) is 19.5. The number of hydrogen-bond acceptors (Lipinski definition) is 4. The molecule has 2 N–H and O–H groups in total. The number of guanidine groups is 1. The summed E-state index contributed by atoms with van der Waals surface area (Å²) >= 11 is 0. The van der Waals surface area contributed by atoms with E-state index in [0.29, 0.717) is 13.2 Å². The highest BCUT2D eigenvalue weighted by molar-refractivity contribution is 14.0. The molecule has 0 amide bonds. The van der Waals surface area contributed by atoms with E-state index in [4.69, 9.17) is 9.26 Å². The summed E-state index contributed by atoms with van der Waals surface area (Å²) in [5, 5.41) is 10.7. The summed E-state index contributed by atoms with van der Waals surface area (Å²) in [5.74, 6) is 2.55. The first-order valence-corrected chi connectivity index (χ1v) is 9.41. The van der Waals surface area contributed by atoms with Gasteiger partial charge >= 0.3 is 0 Å². The smallest absolute Gasteiger partial charge is 0.191 e. The van der Waals surface area contributed by atoms with Crippen LogP contribution in [-0.4, -0.2) is 30.8 Å². The predicted octanol–water partition coefficient (Wildman–Crippen LogP) is 4.16. The van der Waals surface area contributed by atoms with Crippen LogP contribution in [0.2, 0.25) is 0 Å². The maximum atomic E-state index is 5.70. The first-order valence-electron chi connectivity index (χ1n) is 9.41. The Balaban J connectivity index is 0.00000392. The van der Waals surface area contributed by atoms with Crippen LogP contribution >= 0.6 is 24.0 Å². The van der Waals surface area contributed by atoms with Gasteiger partial charge in [-0.15, -0.1) is 24.0 Å². The van der Waals surface area contributed by atoms with Crippen LogP contribution in [0.5, 0.6) is 5.75 Å². The Labute approximate surface area is 184 Å². The Bertz CT molecular complexity index is 739. The summed E-state index contributed by atoms with van der Waals surface area (Å²) < 4.78 is 10.9. The molecule has 0 unspecified atom stereocenters. The normalized spacial score (nSPS) is 10.9. The van der Waals surface area contributed by atoms with Gasteiger partial charge in [-0.3, -0.25) is 0 Å². The van der Waals surface area contributed by atoms with Crippen molar-refractivity contribution in [3.05, 3.63) is 59.5 Å². The third-order valence-electron chi connectivity index (χ3n) is 4.16. The summed E-state index contributed by atoms with van der Waals surface area (Å²) in [4.78, 5) is 4.68. The average molecular weight is 498 g/mol. The minimum absolute atomic E-state index is 0. The van der Waals surface area contributed by atoms with Gasteiger partial charge in [0.1, 0.15) is 18.1 Å². The SMILES string of the molecule is C=CCOc1ccccc1CN=C(NCC)NCCCc1c(C)noc1C.I. The van der Waals surface area contributed by atoms with Gasteiger partial charge in [-0.2, -0.15) is 0 Å². The molecule has 1 heterocycles. The van der Waals surface area contributed by atoms with Crippen molar-refractivity contribution in [3.63, 3.8) is 0 Å². The Hall–Kier alpha value is -2.03. The number of rotatable bonds is 10. The van der Waals surface area contributed by atoms with Gasteiger partial charge in [-0.25, -0.2) is 4.99 Å². The number of nitrogens with zero attached hydrogens (tertiary/aromatic N) is 2. The van der Waals surface area contributed by atoms with E-state index in [9.17, 15) is 0 Å². The average Bonchev–Trinajstić information content (AvgIpc) is 3.00. The van der Waals surface area contributed by atoms with Crippen molar-refractivity contribution in [2.45, 2.75) is 40.2 Å². The molecule has 0 radical (unpaired) electrons. The molecule has 1 aromatic carbocycles. The minimum Gasteiger partial charge on any atom is -0.489 e. The molecule has 6 nitrogen and oxygen atoms in total. The van der Waals surface area contributed by atoms with Crippen LogP contribution in [0.25, 0.3) is 0 Å². The summed E-state index contributed by atoms with van der Waals surface area (Å²) in [6.45, 7) is 12.4. The van der Waals surface area contributed by atoms with E-state index in [1.807, 2.05) is 38.1 Å². The molecule has 28 heavy (non-hydrogen) atoms. The number of ether oxygens (including phenoxy) is 1. The van der Waals surface area contributed by atoms with Crippen LogP contribution in [0.4, 0.5) is 0 Å². The second kappa shape index (κ2) is 13.2. The monoisotopic (exact) mass is 498 g/mol. The molecule has 0 saturated carbocycles. The third kappa shape index (κ3) is 7.53. The second-order valence-electron chi connectivity index (χ2n) is 6.24. The van der Waals surface area contributed by atoms with Gasteiger partial charge < -0.3 is 19.9 Å². The van der Waals surface area contributed by atoms with Crippen molar-refractivity contribution in [1.82, 2.24) is 15.8 Å². The zero-order valence-electron chi connectivity index (χ0n) is 17.0. The molecule has 0 saturated heterocycles. The van der Waals surface area contributed by atoms with E-state index in [1.54, 1.807) is 6.08 Å². The quantitative estimate of drug-likeness (QED) is 0.169. The minimum atomic E-state index is 0. The standard InChI is InChI=1S/C21H30N4O2.HI/c1-5-14-26-20-12-8-7-10-18(20)15-24-21(22-6-2)23-13-9-11-19-16(3)25-27-17(19)4;/h5,7-8,10,12H,1,6,9,11,13-15H2,2-4H3,(H2,22,23,24);1H. The lowest BCUT2D eigenvalue weighted by atomic mass is 10.1. The highest BCUT2D eigenvalue weighted by Crippen LogP contribution is 2.19. The Morgan fingerprint density at radius 1 is 1.29 bits per heavy atom. The second-order valence-corrected chi connectivity index (χ2v) is 6.24. The van der Waals surface area contributed by atoms with Gasteiger partial charge in [0.2, 0.25) is 0 Å². The van der Waals surface area contributed by atoms with Crippen LogP contribution < -0.4 is 15.4 Å². The van der Waals surface area contributed by atoms with Crippen molar-refractivity contribution in [1.29, 1.82) is 0 Å². The number of aromatic nitrogens is 1. The fourth-order valence-corrected chi connectivity index (χ4v) is 2.76. The molecule has 2 rings (SSSR count). The van der Waals surface area contributed by atoms with Crippen molar-refractivity contribution in [3.8, 4) is 5.75 Å². The largest absolute Gasteiger partial charge is 0.489 e. The van der Waals surface area contributed by atoms with Crippen molar-refractivity contribution >= 4 is 29.9 Å². The summed E-state index contributed by atoms with van der Waals surface area (Å²) in [6, 6.07) is 7.95. The van der Waals surface area contributed by atoms with Gasteiger partial charge in [0.05, 0.1) is 12.2 Å². The summed E-state index contributed by atoms with van der Waals surface area (Å²) in [5.41, 5.74) is 3.23. The number of benzene rings is 1. The molecule has 1 aromatic heterocycles. The maximum absolute atomic E-state index is 5.70. The lowest BCUT2D eigenvalue weighted by Gasteiger charge is -2.12. The van der Waals surface area contributed by atoms with Crippen LogP contribution in [0, 0.1) is 13.8 Å². The molecule has 0 aliphatic heterocycles. The lowest BCUT2D eigenvalue weighted by molar-refractivity contribution is 0.359. The Kier molecular flexibility index (Phi) is 11.3. The van der Waals surface area contributed by atoms with Crippen LogP contribution in [0.3, 0.4) is 0 Å². The molecule has 0 aliphatic carbocycles. The molecule has 154 valence electrons. The van der Waals surface area contributed by atoms with E-state index >= 15 is 0 Å². The van der Waals surface area contributed by atoms with E-state index in [-0.39, 0.29) is 24.0 Å². The van der Waals surface area contributed by atoms with E-state index in [1.165, 1.54) is 5.56 Å². The number of para-hydroxylation sites is 1. The molecule has 2 aromatic rings. The fourth-order valence-electron chi connectivity index (χ4n) is 2.76. The van der Waals surface area contributed by atoms with Crippen molar-refractivity contribution < 1.29 is 9.26 Å². The summed E-state index contributed by atoms with van der Waals surface area (Å²) in [7, 11) is 0. The van der Waals surface area contributed by atoms with Crippen molar-refractivity contribution in [2.75, 3.05) is 19.7 Å². The maximum Gasteiger partial charge on any atom is 0.191 e. The molecule has 0 fully saturated rings. The highest BCUT2D eigenvalue weighted by Gasteiger charge is 2.08. The van der Waals surface area contributed by atoms with Crippen LogP contribution in [0.15, 0.2) is 46.4 Å². The number of aliphatic imine (C=N–C) groups is 1. The van der Waals surface area contributed by atoms with Gasteiger partial charge in [-0.05, 0) is 39.7 Å². The molecule has 0 spiro atoms.